The van der Waals surface area contributed by atoms with Crippen molar-refractivity contribution < 1.29 is 4.79 Å². The fourth-order valence-electron chi connectivity index (χ4n) is 2.86. The molecule has 0 aliphatic carbocycles. The largest absolute Gasteiger partial charge is 0.339 e. The lowest BCUT2D eigenvalue weighted by atomic mass is 9.92. The van der Waals surface area contributed by atoms with Crippen LogP contribution in [0.15, 0.2) is 0 Å². The highest BCUT2D eigenvalue weighted by atomic mass is 16.2. The van der Waals surface area contributed by atoms with Gasteiger partial charge < -0.3 is 4.90 Å². The normalized spacial score (nSPS) is 17.2. The molecular formula is C14H23N3O. The van der Waals surface area contributed by atoms with Crippen LogP contribution in [0.2, 0.25) is 0 Å². The van der Waals surface area contributed by atoms with Gasteiger partial charge in [0.1, 0.15) is 0 Å². The second kappa shape index (κ2) is 5.55. The van der Waals surface area contributed by atoms with E-state index in [0.29, 0.717) is 0 Å². The van der Waals surface area contributed by atoms with E-state index in [1.54, 1.807) is 0 Å². The van der Waals surface area contributed by atoms with Crippen molar-refractivity contribution in [2.75, 3.05) is 13.1 Å². The topological polar surface area (TPSA) is 49.0 Å². The third-order valence-corrected chi connectivity index (χ3v) is 3.94. The minimum Gasteiger partial charge on any atom is -0.339 e. The molecule has 0 saturated carbocycles. The quantitative estimate of drug-likeness (QED) is 0.895. The van der Waals surface area contributed by atoms with Crippen LogP contribution in [0.1, 0.15) is 54.4 Å². The van der Waals surface area contributed by atoms with E-state index in [-0.39, 0.29) is 5.91 Å². The summed E-state index contributed by atoms with van der Waals surface area (Å²) in [4.78, 5) is 14.4. The molecule has 0 spiro atoms. The molecule has 2 heterocycles. The summed E-state index contributed by atoms with van der Waals surface area (Å²) in [6.07, 6.45) is 4.84. The van der Waals surface area contributed by atoms with E-state index in [4.69, 9.17) is 0 Å². The van der Waals surface area contributed by atoms with E-state index < -0.39 is 0 Å². The predicted octanol–water partition coefficient (Wildman–Crippen LogP) is 2.68. The Balaban J connectivity index is 2.00. The number of hydrogen-bond donors (Lipinski definition) is 1. The van der Waals surface area contributed by atoms with Crippen LogP contribution in [-0.2, 0) is 0 Å². The van der Waals surface area contributed by atoms with E-state index in [1.165, 1.54) is 12.8 Å². The maximum Gasteiger partial charge on any atom is 0.257 e. The third kappa shape index (κ3) is 2.57. The lowest BCUT2D eigenvalue weighted by Gasteiger charge is -2.32. The van der Waals surface area contributed by atoms with E-state index in [2.05, 4.69) is 17.1 Å². The van der Waals surface area contributed by atoms with Gasteiger partial charge >= 0.3 is 0 Å². The zero-order valence-electron chi connectivity index (χ0n) is 11.6. The molecule has 0 unspecified atom stereocenters. The van der Waals surface area contributed by atoms with Gasteiger partial charge in [0, 0.05) is 18.8 Å². The molecule has 4 nitrogen and oxygen atoms in total. The molecule has 1 aliphatic rings. The number of carbonyl (C=O) groups excluding carboxylic acids is 1. The van der Waals surface area contributed by atoms with Crippen LogP contribution >= 0.6 is 0 Å². The number of aryl methyl sites for hydroxylation is 2. The van der Waals surface area contributed by atoms with Crippen molar-refractivity contribution in [1.82, 2.24) is 15.1 Å². The summed E-state index contributed by atoms with van der Waals surface area (Å²) in [5.74, 6) is 0.958. The number of carbonyl (C=O) groups is 1. The first-order chi connectivity index (χ1) is 8.63. The van der Waals surface area contributed by atoms with Crippen molar-refractivity contribution in [3.63, 3.8) is 0 Å². The summed E-state index contributed by atoms with van der Waals surface area (Å²) < 4.78 is 0. The molecule has 1 aromatic rings. The number of nitrogens with zero attached hydrogens (tertiary/aromatic N) is 2. The number of nitrogens with one attached hydrogen (secondary N) is 1. The molecule has 0 bridgehead atoms. The van der Waals surface area contributed by atoms with Crippen molar-refractivity contribution in [2.45, 2.75) is 46.5 Å². The van der Waals surface area contributed by atoms with Gasteiger partial charge in [0.05, 0.1) is 11.3 Å². The molecule has 100 valence electrons. The first-order valence-electron chi connectivity index (χ1n) is 6.94. The van der Waals surface area contributed by atoms with Crippen molar-refractivity contribution in [3.8, 4) is 0 Å². The first-order valence-corrected chi connectivity index (χ1v) is 6.94. The molecule has 4 heteroatoms. The Kier molecular flexibility index (Phi) is 4.04. The van der Waals surface area contributed by atoms with Gasteiger partial charge in [-0.05, 0) is 32.6 Å². The molecule has 0 aromatic carbocycles. The van der Waals surface area contributed by atoms with Crippen molar-refractivity contribution in [2.24, 2.45) is 5.92 Å². The smallest absolute Gasteiger partial charge is 0.257 e. The second-order valence-electron chi connectivity index (χ2n) is 5.33. The van der Waals surface area contributed by atoms with Crippen LogP contribution in [0, 0.1) is 19.8 Å². The number of hydrogen-bond acceptors (Lipinski definition) is 2. The van der Waals surface area contributed by atoms with Crippen molar-refractivity contribution in [1.29, 1.82) is 0 Å². The number of aromatic amines is 1. The molecule has 1 fully saturated rings. The number of likely N-dealkylation sites (tertiary alicyclic amines) is 1. The molecule has 1 saturated heterocycles. The third-order valence-electron chi connectivity index (χ3n) is 3.94. The average molecular weight is 249 g/mol. The van der Waals surface area contributed by atoms with Crippen LogP contribution in [0.4, 0.5) is 0 Å². The fraction of sp³-hybridized carbons (Fsp3) is 0.714. The van der Waals surface area contributed by atoms with Gasteiger partial charge in [0.15, 0.2) is 0 Å². The number of piperidine rings is 1. The lowest BCUT2D eigenvalue weighted by molar-refractivity contribution is 0.0685. The molecule has 1 N–H and O–H groups in total. The highest BCUT2D eigenvalue weighted by Crippen LogP contribution is 2.23. The summed E-state index contributed by atoms with van der Waals surface area (Å²) in [5.41, 5.74) is 2.46. The minimum absolute atomic E-state index is 0.147. The maximum atomic E-state index is 12.4. The Hall–Kier alpha value is -1.32. The Labute approximate surface area is 109 Å². The molecule has 1 aromatic heterocycles. The van der Waals surface area contributed by atoms with Gasteiger partial charge in [-0.25, -0.2) is 0 Å². The number of H-pyrrole nitrogens is 1. The molecule has 1 aliphatic heterocycles. The zero-order valence-corrected chi connectivity index (χ0v) is 11.6. The SMILES string of the molecule is CCCC1CCN(C(=O)c2c(C)n[nH]c2C)CC1. The highest BCUT2D eigenvalue weighted by Gasteiger charge is 2.26. The van der Waals surface area contributed by atoms with Crippen molar-refractivity contribution >= 4 is 5.91 Å². The van der Waals surface area contributed by atoms with Crippen LogP contribution < -0.4 is 0 Å². The van der Waals surface area contributed by atoms with E-state index in [1.807, 2.05) is 18.7 Å². The molecule has 1 amide bonds. The van der Waals surface area contributed by atoms with Crippen LogP contribution in [0.25, 0.3) is 0 Å². The van der Waals surface area contributed by atoms with Gasteiger partial charge in [-0.2, -0.15) is 5.10 Å². The molecule has 0 atom stereocenters. The minimum atomic E-state index is 0.147. The van der Waals surface area contributed by atoms with Crippen LogP contribution in [0.3, 0.4) is 0 Å². The Morgan fingerprint density at radius 1 is 1.39 bits per heavy atom. The molecule has 0 radical (unpaired) electrons. The van der Waals surface area contributed by atoms with Gasteiger partial charge in [-0.3, -0.25) is 9.89 Å². The van der Waals surface area contributed by atoms with Gasteiger partial charge in [0.25, 0.3) is 5.91 Å². The van der Waals surface area contributed by atoms with Gasteiger partial charge in [0.2, 0.25) is 0 Å². The average Bonchev–Trinajstić information content (AvgIpc) is 2.70. The summed E-state index contributed by atoms with van der Waals surface area (Å²) in [6.45, 7) is 7.83. The van der Waals surface area contributed by atoms with E-state index >= 15 is 0 Å². The first kappa shape index (κ1) is 13.1. The number of rotatable bonds is 3. The predicted molar refractivity (Wildman–Crippen MR) is 71.6 cm³/mol. The van der Waals surface area contributed by atoms with Crippen LogP contribution in [0.5, 0.6) is 0 Å². The second-order valence-corrected chi connectivity index (χ2v) is 5.33. The standard InChI is InChI=1S/C14H23N3O/c1-4-5-12-6-8-17(9-7-12)14(18)13-10(2)15-16-11(13)3/h12H,4-9H2,1-3H3,(H,15,16). The molecule has 18 heavy (non-hydrogen) atoms. The van der Waals surface area contributed by atoms with Crippen molar-refractivity contribution in [3.05, 3.63) is 17.0 Å². The summed E-state index contributed by atoms with van der Waals surface area (Å²) in [5, 5.41) is 6.99. The Bertz CT molecular complexity index is 397. The summed E-state index contributed by atoms with van der Waals surface area (Å²) in [7, 11) is 0. The molecular weight excluding hydrogens is 226 g/mol. The summed E-state index contributed by atoms with van der Waals surface area (Å²) in [6, 6.07) is 0. The highest BCUT2D eigenvalue weighted by molar-refractivity contribution is 5.96. The molecule has 2 rings (SSSR count). The van der Waals surface area contributed by atoms with Gasteiger partial charge in [-0.1, -0.05) is 19.8 Å². The number of aromatic nitrogens is 2. The van der Waals surface area contributed by atoms with Crippen LogP contribution in [-0.4, -0.2) is 34.1 Å². The van der Waals surface area contributed by atoms with E-state index in [9.17, 15) is 4.79 Å². The number of amides is 1. The van der Waals surface area contributed by atoms with E-state index in [0.717, 1.165) is 48.8 Å². The Morgan fingerprint density at radius 2 is 2.06 bits per heavy atom. The van der Waals surface area contributed by atoms with Gasteiger partial charge in [-0.15, -0.1) is 0 Å². The summed E-state index contributed by atoms with van der Waals surface area (Å²) >= 11 is 0. The Morgan fingerprint density at radius 3 is 2.56 bits per heavy atom. The fourth-order valence-corrected chi connectivity index (χ4v) is 2.86. The lowest BCUT2D eigenvalue weighted by Crippen LogP contribution is -2.38. The monoisotopic (exact) mass is 249 g/mol. The maximum absolute atomic E-state index is 12.4. The zero-order chi connectivity index (χ0) is 13.1.